The van der Waals surface area contributed by atoms with Crippen LogP contribution in [0.3, 0.4) is 0 Å². The molecule has 0 radical (unpaired) electrons. The van der Waals surface area contributed by atoms with Crippen LogP contribution in [0.2, 0.25) is 5.02 Å². The zero-order valence-corrected chi connectivity index (χ0v) is 11.8. The lowest BCUT2D eigenvalue weighted by atomic mass is 9.98. The van der Waals surface area contributed by atoms with E-state index in [4.69, 9.17) is 16.3 Å². The van der Waals surface area contributed by atoms with E-state index in [1.54, 1.807) is 18.2 Å². The number of nitrogens with one attached hydrogen (secondary N) is 2. The first-order valence-electron chi connectivity index (χ1n) is 6.53. The van der Waals surface area contributed by atoms with Gasteiger partial charge in [-0.3, -0.25) is 0 Å². The van der Waals surface area contributed by atoms with Gasteiger partial charge in [0.1, 0.15) is 0 Å². The number of piperidine rings is 1. The van der Waals surface area contributed by atoms with Crippen LogP contribution in [-0.4, -0.2) is 32.7 Å². The number of halogens is 1. The van der Waals surface area contributed by atoms with Gasteiger partial charge in [-0.05, 0) is 50.0 Å². The molecule has 1 saturated heterocycles. The second-order valence-corrected chi connectivity index (χ2v) is 5.17. The monoisotopic (exact) mass is 282 g/mol. The summed E-state index contributed by atoms with van der Waals surface area (Å²) in [6.07, 6.45) is 2.34. The average Bonchev–Trinajstić information content (AvgIpc) is 2.46. The second-order valence-electron chi connectivity index (χ2n) is 4.76. The Morgan fingerprint density at radius 2 is 2.21 bits per heavy atom. The summed E-state index contributed by atoms with van der Waals surface area (Å²) in [5.41, 5.74) is 1.31. The summed E-state index contributed by atoms with van der Waals surface area (Å²) >= 11 is 6.13. The highest BCUT2D eigenvalue weighted by molar-refractivity contribution is 6.33. The Labute approximate surface area is 118 Å². The molecule has 0 aromatic heterocycles. The molecule has 5 heteroatoms. The van der Waals surface area contributed by atoms with E-state index < -0.39 is 0 Å². The number of rotatable bonds is 4. The molecule has 1 heterocycles. The van der Waals surface area contributed by atoms with E-state index in [9.17, 15) is 4.79 Å². The molecule has 1 fully saturated rings. The van der Waals surface area contributed by atoms with Crippen molar-refractivity contribution < 1.29 is 9.53 Å². The highest BCUT2D eigenvalue weighted by Crippen LogP contribution is 2.24. The first kappa shape index (κ1) is 14.2. The quantitative estimate of drug-likeness (QED) is 0.834. The van der Waals surface area contributed by atoms with E-state index in [0.29, 0.717) is 16.5 Å². The van der Waals surface area contributed by atoms with Gasteiger partial charge in [-0.25, -0.2) is 4.79 Å². The molecule has 19 heavy (non-hydrogen) atoms. The van der Waals surface area contributed by atoms with Crippen molar-refractivity contribution in [2.24, 2.45) is 5.92 Å². The summed E-state index contributed by atoms with van der Waals surface area (Å²) in [7, 11) is 1.37. The fourth-order valence-electron chi connectivity index (χ4n) is 2.25. The Morgan fingerprint density at radius 3 is 2.89 bits per heavy atom. The van der Waals surface area contributed by atoms with Crippen LogP contribution < -0.4 is 10.6 Å². The number of methoxy groups -OCH3 is 1. The predicted molar refractivity (Wildman–Crippen MR) is 76.9 cm³/mol. The van der Waals surface area contributed by atoms with Gasteiger partial charge in [-0.1, -0.05) is 11.6 Å². The van der Waals surface area contributed by atoms with Crippen molar-refractivity contribution in [1.29, 1.82) is 0 Å². The largest absolute Gasteiger partial charge is 0.465 e. The maximum absolute atomic E-state index is 11.5. The topological polar surface area (TPSA) is 50.4 Å². The van der Waals surface area contributed by atoms with Crippen LogP contribution in [0.25, 0.3) is 0 Å². The van der Waals surface area contributed by atoms with E-state index in [1.165, 1.54) is 20.0 Å². The van der Waals surface area contributed by atoms with E-state index in [1.807, 2.05) is 0 Å². The van der Waals surface area contributed by atoms with Crippen molar-refractivity contribution in [3.8, 4) is 0 Å². The number of benzene rings is 1. The van der Waals surface area contributed by atoms with Crippen molar-refractivity contribution in [2.45, 2.75) is 12.8 Å². The maximum atomic E-state index is 11.5. The standard InChI is InChI=1S/C14H19ClN2O2/c1-19-14(18)11-2-3-12(15)13(8-11)17-9-10-4-6-16-7-5-10/h2-3,8,10,16-17H,4-7,9H2,1H3. The van der Waals surface area contributed by atoms with Crippen molar-refractivity contribution in [1.82, 2.24) is 5.32 Å². The van der Waals surface area contributed by atoms with Crippen LogP contribution in [0.15, 0.2) is 18.2 Å². The summed E-state index contributed by atoms with van der Waals surface area (Å²) in [6.45, 7) is 3.02. The highest BCUT2D eigenvalue weighted by atomic mass is 35.5. The summed E-state index contributed by atoms with van der Waals surface area (Å²) in [6, 6.07) is 5.14. The zero-order chi connectivity index (χ0) is 13.7. The Bertz CT molecular complexity index is 445. The van der Waals surface area contributed by atoms with Crippen molar-refractivity contribution in [3.63, 3.8) is 0 Å². The fraction of sp³-hybridized carbons (Fsp3) is 0.500. The summed E-state index contributed by atoms with van der Waals surface area (Å²) in [5.74, 6) is 0.306. The van der Waals surface area contributed by atoms with Gasteiger partial charge in [0, 0.05) is 6.54 Å². The molecule has 4 nitrogen and oxygen atoms in total. The summed E-state index contributed by atoms with van der Waals surface area (Å²) in [4.78, 5) is 11.5. The molecule has 0 atom stereocenters. The molecule has 0 unspecified atom stereocenters. The van der Waals surface area contributed by atoms with Gasteiger partial charge in [0.05, 0.1) is 23.4 Å². The zero-order valence-electron chi connectivity index (χ0n) is 11.0. The number of carbonyl (C=O) groups is 1. The SMILES string of the molecule is COC(=O)c1ccc(Cl)c(NCC2CCNCC2)c1. The second kappa shape index (κ2) is 6.78. The Morgan fingerprint density at radius 1 is 1.47 bits per heavy atom. The summed E-state index contributed by atoms with van der Waals surface area (Å²) in [5, 5.41) is 7.30. The molecular formula is C14H19ClN2O2. The van der Waals surface area contributed by atoms with Crippen LogP contribution in [0.5, 0.6) is 0 Å². The molecule has 0 spiro atoms. The minimum absolute atomic E-state index is 0.346. The molecule has 0 bridgehead atoms. The molecule has 2 N–H and O–H groups in total. The first-order chi connectivity index (χ1) is 9.20. The van der Waals surface area contributed by atoms with Gasteiger partial charge in [0.15, 0.2) is 0 Å². The van der Waals surface area contributed by atoms with Crippen molar-refractivity contribution in [3.05, 3.63) is 28.8 Å². The lowest BCUT2D eigenvalue weighted by Crippen LogP contribution is -2.31. The van der Waals surface area contributed by atoms with Gasteiger partial charge in [-0.2, -0.15) is 0 Å². The van der Waals surface area contributed by atoms with Crippen LogP contribution in [0.1, 0.15) is 23.2 Å². The van der Waals surface area contributed by atoms with Gasteiger partial charge < -0.3 is 15.4 Å². The molecule has 2 rings (SSSR count). The van der Waals surface area contributed by atoms with E-state index in [-0.39, 0.29) is 5.97 Å². The third-order valence-electron chi connectivity index (χ3n) is 3.43. The normalized spacial score (nSPS) is 16.1. The Hall–Kier alpha value is -1.26. The molecule has 1 aliphatic heterocycles. The Balaban J connectivity index is 2.00. The van der Waals surface area contributed by atoms with Crippen molar-refractivity contribution >= 4 is 23.3 Å². The fourth-order valence-corrected chi connectivity index (χ4v) is 2.43. The molecular weight excluding hydrogens is 264 g/mol. The molecule has 0 aliphatic carbocycles. The first-order valence-corrected chi connectivity index (χ1v) is 6.91. The number of carbonyl (C=O) groups excluding carboxylic acids is 1. The maximum Gasteiger partial charge on any atom is 0.337 e. The van der Waals surface area contributed by atoms with Gasteiger partial charge in [0.25, 0.3) is 0 Å². The molecule has 1 aliphatic rings. The molecule has 1 aromatic carbocycles. The molecule has 0 amide bonds. The number of ether oxygens (including phenoxy) is 1. The van der Waals surface area contributed by atoms with Gasteiger partial charge in [-0.15, -0.1) is 0 Å². The van der Waals surface area contributed by atoms with E-state index >= 15 is 0 Å². The summed E-state index contributed by atoms with van der Waals surface area (Å²) < 4.78 is 4.71. The number of esters is 1. The smallest absolute Gasteiger partial charge is 0.337 e. The van der Waals surface area contributed by atoms with Crippen LogP contribution in [-0.2, 0) is 4.74 Å². The number of anilines is 1. The molecule has 104 valence electrons. The average molecular weight is 283 g/mol. The van der Waals surface area contributed by atoms with Crippen LogP contribution in [0, 0.1) is 5.92 Å². The van der Waals surface area contributed by atoms with Crippen LogP contribution in [0.4, 0.5) is 5.69 Å². The minimum Gasteiger partial charge on any atom is -0.465 e. The van der Waals surface area contributed by atoms with Gasteiger partial charge in [0.2, 0.25) is 0 Å². The van der Waals surface area contributed by atoms with E-state index in [0.717, 1.165) is 25.3 Å². The highest BCUT2D eigenvalue weighted by Gasteiger charge is 2.14. The van der Waals surface area contributed by atoms with E-state index in [2.05, 4.69) is 10.6 Å². The number of hydrogen-bond donors (Lipinski definition) is 2. The van der Waals surface area contributed by atoms with Crippen LogP contribution >= 0.6 is 11.6 Å². The van der Waals surface area contributed by atoms with Gasteiger partial charge >= 0.3 is 5.97 Å². The number of hydrogen-bond acceptors (Lipinski definition) is 4. The lowest BCUT2D eigenvalue weighted by molar-refractivity contribution is 0.0601. The third kappa shape index (κ3) is 3.85. The molecule has 0 saturated carbocycles. The lowest BCUT2D eigenvalue weighted by Gasteiger charge is -2.23. The molecule has 1 aromatic rings. The van der Waals surface area contributed by atoms with Crippen molar-refractivity contribution in [2.75, 3.05) is 32.1 Å². The predicted octanol–water partition coefficient (Wildman–Crippen LogP) is 2.54. The third-order valence-corrected chi connectivity index (χ3v) is 3.76. The Kier molecular flexibility index (Phi) is 5.05. The minimum atomic E-state index is -0.346.